The molecule has 104 valence electrons. The molecule has 2 unspecified atom stereocenters. The van der Waals surface area contributed by atoms with E-state index in [-0.39, 0.29) is 12.1 Å². The number of nitrogens with zero attached hydrogens (tertiary/aromatic N) is 1. The van der Waals surface area contributed by atoms with E-state index in [1.54, 1.807) is 6.26 Å². The van der Waals surface area contributed by atoms with Gasteiger partial charge in [-0.3, -0.25) is 4.90 Å². The van der Waals surface area contributed by atoms with Gasteiger partial charge in [-0.05, 0) is 44.7 Å². The fourth-order valence-corrected chi connectivity index (χ4v) is 3.52. The van der Waals surface area contributed by atoms with E-state index in [1.807, 2.05) is 23.5 Å². The van der Waals surface area contributed by atoms with Crippen LogP contribution in [-0.2, 0) is 6.54 Å². The Morgan fingerprint density at radius 3 is 2.63 bits per heavy atom. The summed E-state index contributed by atoms with van der Waals surface area (Å²) in [5.74, 6) is 0.987. The second-order valence-corrected chi connectivity index (χ2v) is 6.21. The molecule has 0 radical (unpaired) electrons. The maximum absolute atomic E-state index is 6.22. The van der Waals surface area contributed by atoms with Crippen molar-refractivity contribution >= 4 is 11.3 Å². The molecule has 2 atom stereocenters. The van der Waals surface area contributed by atoms with Gasteiger partial charge in [-0.15, -0.1) is 11.3 Å². The Morgan fingerprint density at radius 1 is 1.37 bits per heavy atom. The summed E-state index contributed by atoms with van der Waals surface area (Å²) >= 11 is 1.83. The van der Waals surface area contributed by atoms with Gasteiger partial charge in [0.25, 0.3) is 0 Å². The quantitative estimate of drug-likeness (QED) is 0.878. The van der Waals surface area contributed by atoms with E-state index < -0.39 is 0 Å². The molecule has 0 bridgehead atoms. The van der Waals surface area contributed by atoms with Gasteiger partial charge in [-0.1, -0.05) is 6.92 Å². The number of nitrogens with two attached hydrogens (primary N) is 1. The third kappa shape index (κ3) is 3.47. The van der Waals surface area contributed by atoms with Crippen LogP contribution in [0.25, 0.3) is 0 Å². The predicted octanol–water partition coefficient (Wildman–Crippen LogP) is 3.56. The highest BCUT2D eigenvalue weighted by Gasteiger charge is 2.25. The number of thiophene rings is 1. The fraction of sp³-hybridized carbons (Fsp3) is 0.467. The van der Waals surface area contributed by atoms with E-state index in [0.717, 1.165) is 18.8 Å². The molecule has 0 saturated heterocycles. The normalized spacial score (nSPS) is 14.8. The molecule has 0 aliphatic heterocycles. The highest BCUT2D eigenvalue weighted by Crippen LogP contribution is 2.30. The predicted molar refractivity (Wildman–Crippen MR) is 80.2 cm³/mol. The van der Waals surface area contributed by atoms with Crippen molar-refractivity contribution < 1.29 is 4.42 Å². The summed E-state index contributed by atoms with van der Waals surface area (Å²) in [4.78, 5) is 5.03. The lowest BCUT2D eigenvalue weighted by molar-refractivity contribution is 0.167. The van der Waals surface area contributed by atoms with Crippen LogP contribution < -0.4 is 5.73 Å². The van der Waals surface area contributed by atoms with Gasteiger partial charge in [0, 0.05) is 15.8 Å². The molecular weight excluding hydrogens is 256 g/mol. The van der Waals surface area contributed by atoms with Crippen LogP contribution in [0.15, 0.2) is 34.9 Å². The number of rotatable bonds is 6. The Hall–Kier alpha value is -1.10. The van der Waals surface area contributed by atoms with Crippen molar-refractivity contribution in [2.75, 3.05) is 6.54 Å². The molecule has 3 nitrogen and oxygen atoms in total. The van der Waals surface area contributed by atoms with Gasteiger partial charge in [0.05, 0.1) is 18.8 Å². The minimum atomic E-state index is 0.0907. The van der Waals surface area contributed by atoms with Crippen LogP contribution in [0, 0.1) is 6.92 Å². The van der Waals surface area contributed by atoms with E-state index >= 15 is 0 Å². The van der Waals surface area contributed by atoms with Crippen molar-refractivity contribution in [1.82, 2.24) is 4.90 Å². The zero-order valence-electron chi connectivity index (χ0n) is 11.8. The Balaban J connectivity index is 2.21. The van der Waals surface area contributed by atoms with E-state index in [1.165, 1.54) is 9.75 Å². The van der Waals surface area contributed by atoms with Crippen LogP contribution in [0.3, 0.4) is 0 Å². The molecule has 0 aliphatic rings. The molecular formula is C15H22N2OS. The molecule has 2 aromatic heterocycles. The summed E-state index contributed by atoms with van der Waals surface area (Å²) in [6.07, 6.45) is 1.72. The Bertz CT molecular complexity index is 490. The SMILES string of the molecule is CCN(Cc1ccco1)C(c1ccc(C)s1)C(C)N. The maximum Gasteiger partial charge on any atom is 0.117 e. The molecule has 0 saturated carbocycles. The fourth-order valence-electron chi connectivity index (χ4n) is 2.39. The lowest BCUT2D eigenvalue weighted by atomic mass is 10.1. The van der Waals surface area contributed by atoms with Crippen LogP contribution in [0.5, 0.6) is 0 Å². The molecule has 0 aromatic carbocycles. The average Bonchev–Trinajstić information content (AvgIpc) is 3.00. The summed E-state index contributed by atoms with van der Waals surface area (Å²) in [7, 11) is 0. The Labute approximate surface area is 119 Å². The highest BCUT2D eigenvalue weighted by atomic mass is 32.1. The molecule has 4 heteroatoms. The third-order valence-corrected chi connectivity index (χ3v) is 4.36. The van der Waals surface area contributed by atoms with Crippen LogP contribution in [0.2, 0.25) is 0 Å². The van der Waals surface area contributed by atoms with Gasteiger partial charge in [0.15, 0.2) is 0 Å². The first-order valence-corrected chi connectivity index (χ1v) is 7.51. The Kier molecular flexibility index (Phi) is 4.80. The third-order valence-electron chi connectivity index (χ3n) is 3.29. The Morgan fingerprint density at radius 2 is 2.16 bits per heavy atom. The number of likely N-dealkylation sites (N-methyl/N-ethyl adjacent to an activating group) is 1. The van der Waals surface area contributed by atoms with Crippen molar-refractivity contribution in [1.29, 1.82) is 0 Å². The van der Waals surface area contributed by atoms with Crippen LogP contribution >= 0.6 is 11.3 Å². The summed E-state index contributed by atoms with van der Waals surface area (Å²) in [5.41, 5.74) is 6.22. The molecule has 0 spiro atoms. The number of hydrogen-bond acceptors (Lipinski definition) is 4. The standard InChI is InChI=1S/C15H22N2OS/c1-4-17(10-13-6-5-9-18-13)15(12(3)16)14-8-7-11(2)19-14/h5-9,12,15H,4,10,16H2,1-3H3. The monoisotopic (exact) mass is 278 g/mol. The zero-order chi connectivity index (χ0) is 13.8. The number of hydrogen-bond donors (Lipinski definition) is 1. The van der Waals surface area contributed by atoms with E-state index in [2.05, 4.69) is 37.8 Å². The van der Waals surface area contributed by atoms with E-state index in [4.69, 9.17) is 10.2 Å². The minimum Gasteiger partial charge on any atom is -0.468 e. The van der Waals surface area contributed by atoms with Crippen molar-refractivity contribution in [2.45, 2.75) is 39.4 Å². The first kappa shape index (κ1) is 14.3. The van der Waals surface area contributed by atoms with E-state index in [9.17, 15) is 0 Å². The second-order valence-electron chi connectivity index (χ2n) is 4.89. The second kappa shape index (κ2) is 6.37. The molecule has 0 fully saturated rings. The van der Waals surface area contributed by atoms with Crippen molar-refractivity contribution in [3.05, 3.63) is 46.0 Å². The summed E-state index contributed by atoms with van der Waals surface area (Å²) in [6, 6.07) is 8.64. The number of aryl methyl sites for hydroxylation is 1. The molecule has 19 heavy (non-hydrogen) atoms. The van der Waals surface area contributed by atoms with Crippen molar-refractivity contribution in [3.63, 3.8) is 0 Å². The lowest BCUT2D eigenvalue weighted by Gasteiger charge is -2.32. The first-order chi connectivity index (χ1) is 9.11. The molecule has 2 heterocycles. The summed E-state index contributed by atoms with van der Waals surface area (Å²) < 4.78 is 5.46. The topological polar surface area (TPSA) is 42.4 Å². The largest absolute Gasteiger partial charge is 0.468 e. The average molecular weight is 278 g/mol. The maximum atomic E-state index is 6.22. The lowest BCUT2D eigenvalue weighted by Crippen LogP contribution is -2.38. The molecule has 0 aliphatic carbocycles. The first-order valence-electron chi connectivity index (χ1n) is 6.70. The van der Waals surface area contributed by atoms with Gasteiger partial charge in [-0.25, -0.2) is 0 Å². The minimum absolute atomic E-state index is 0.0907. The molecule has 2 rings (SSSR count). The van der Waals surface area contributed by atoms with Gasteiger partial charge in [-0.2, -0.15) is 0 Å². The molecule has 0 amide bonds. The van der Waals surface area contributed by atoms with Gasteiger partial charge < -0.3 is 10.2 Å². The van der Waals surface area contributed by atoms with Gasteiger partial charge in [0.1, 0.15) is 5.76 Å². The summed E-state index contributed by atoms with van der Waals surface area (Å²) in [6.45, 7) is 8.12. The highest BCUT2D eigenvalue weighted by molar-refractivity contribution is 7.12. The molecule has 2 aromatic rings. The van der Waals surface area contributed by atoms with Crippen molar-refractivity contribution in [2.24, 2.45) is 5.73 Å². The van der Waals surface area contributed by atoms with Crippen LogP contribution in [0.1, 0.15) is 35.4 Å². The zero-order valence-corrected chi connectivity index (χ0v) is 12.6. The smallest absolute Gasteiger partial charge is 0.117 e. The van der Waals surface area contributed by atoms with Gasteiger partial charge in [0.2, 0.25) is 0 Å². The summed E-state index contributed by atoms with van der Waals surface area (Å²) in [5, 5.41) is 0. The van der Waals surface area contributed by atoms with E-state index in [0.29, 0.717) is 0 Å². The van der Waals surface area contributed by atoms with Crippen LogP contribution in [0.4, 0.5) is 0 Å². The van der Waals surface area contributed by atoms with Gasteiger partial charge >= 0.3 is 0 Å². The number of furan rings is 1. The van der Waals surface area contributed by atoms with Crippen molar-refractivity contribution in [3.8, 4) is 0 Å². The molecule has 2 N–H and O–H groups in total. The van der Waals surface area contributed by atoms with Crippen LogP contribution in [-0.4, -0.2) is 17.5 Å².